The smallest absolute Gasteiger partial charge is 0.335 e. The summed E-state index contributed by atoms with van der Waals surface area (Å²) in [5, 5.41) is 8.85. The maximum Gasteiger partial charge on any atom is 0.335 e. The molecule has 0 aromatic heterocycles. The second kappa shape index (κ2) is 15.0. The zero-order chi connectivity index (χ0) is 19.7. The van der Waals surface area contributed by atoms with Crippen LogP contribution in [-0.4, -0.2) is 30.4 Å². The molecule has 1 atom stereocenters. The Morgan fingerprint density at radius 3 is 2.00 bits per heavy atom. The van der Waals surface area contributed by atoms with Gasteiger partial charge in [0.05, 0.1) is 18.3 Å². The van der Waals surface area contributed by atoms with Gasteiger partial charge < -0.3 is 14.6 Å². The van der Waals surface area contributed by atoms with Crippen molar-refractivity contribution in [2.75, 3.05) is 13.2 Å². The van der Waals surface area contributed by atoms with Crippen LogP contribution in [0.2, 0.25) is 0 Å². The van der Waals surface area contributed by atoms with Crippen molar-refractivity contribution >= 4 is 5.97 Å². The molecule has 1 aromatic carbocycles. The summed E-state index contributed by atoms with van der Waals surface area (Å²) in [6, 6.07) is 6.56. The summed E-state index contributed by atoms with van der Waals surface area (Å²) in [6.07, 6.45) is 14.2. The Morgan fingerprint density at radius 1 is 0.926 bits per heavy atom. The van der Waals surface area contributed by atoms with Crippen LogP contribution in [0.1, 0.15) is 68.1 Å². The molecule has 0 saturated carbocycles. The van der Waals surface area contributed by atoms with Gasteiger partial charge in [-0.1, -0.05) is 50.7 Å². The molecule has 0 amide bonds. The van der Waals surface area contributed by atoms with Crippen molar-refractivity contribution in [3.63, 3.8) is 0 Å². The first-order chi connectivity index (χ1) is 13.2. The summed E-state index contributed by atoms with van der Waals surface area (Å²) in [4.78, 5) is 10.8. The Labute approximate surface area is 163 Å². The minimum absolute atomic E-state index is 0.111. The van der Waals surface area contributed by atoms with Gasteiger partial charge in [-0.05, 0) is 43.5 Å². The number of hydrogen-bond donors (Lipinski definition) is 1. The Hall–Kier alpha value is -2.07. The topological polar surface area (TPSA) is 55.8 Å². The van der Waals surface area contributed by atoms with Crippen molar-refractivity contribution in [1.82, 2.24) is 0 Å². The largest absolute Gasteiger partial charge is 0.494 e. The SMILES string of the molecule is C=CCC(C=C)OCCCCCCCCCCOc1ccc(C(=O)O)cc1. The van der Waals surface area contributed by atoms with Crippen LogP contribution in [-0.2, 0) is 4.74 Å². The van der Waals surface area contributed by atoms with E-state index in [1.165, 1.54) is 38.5 Å². The third kappa shape index (κ3) is 11.3. The highest BCUT2D eigenvalue weighted by Gasteiger charge is 2.02. The molecule has 0 spiro atoms. The van der Waals surface area contributed by atoms with Crippen molar-refractivity contribution in [2.24, 2.45) is 0 Å². The predicted octanol–water partition coefficient (Wildman–Crippen LogP) is 6.03. The van der Waals surface area contributed by atoms with Crippen LogP contribution >= 0.6 is 0 Å². The van der Waals surface area contributed by atoms with E-state index in [1.54, 1.807) is 24.3 Å². The lowest BCUT2D eigenvalue weighted by Crippen LogP contribution is -2.09. The molecule has 0 bridgehead atoms. The summed E-state index contributed by atoms with van der Waals surface area (Å²) in [7, 11) is 0. The van der Waals surface area contributed by atoms with Crippen LogP contribution in [0.5, 0.6) is 5.75 Å². The second-order valence-electron chi connectivity index (χ2n) is 6.68. The fourth-order valence-electron chi connectivity index (χ4n) is 2.78. The lowest BCUT2D eigenvalue weighted by atomic mass is 10.1. The number of rotatable bonds is 17. The summed E-state index contributed by atoms with van der Waals surface area (Å²) in [5.41, 5.74) is 0.284. The highest BCUT2D eigenvalue weighted by Crippen LogP contribution is 2.14. The molecule has 1 unspecified atom stereocenters. The third-order valence-corrected chi connectivity index (χ3v) is 4.40. The number of carbonyl (C=O) groups is 1. The van der Waals surface area contributed by atoms with E-state index < -0.39 is 5.97 Å². The molecular formula is C23H34O4. The van der Waals surface area contributed by atoms with Gasteiger partial charge in [0.1, 0.15) is 5.75 Å². The first-order valence-electron chi connectivity index (χ1n) is 9.98. The van der Waals surface area contributed by atoms with Crippen LogP contribution in [0.25, 0.3) is 0 Å². The predicted molar refractivity (Wildman–Crippen MR) is 111 cm³/mol. The summed E-state index contributed by atoms with van der Waals surface area (Å²) in [6.45, 7) is 8.98. The van der Waals surface area contributed by atoms with Crippen molar-refractivity contribution in [3.05, 3.63) is 55.1 Å². The number of aromatic carboxylic acids is 1. The summed E-state index contributed by atoms with van der Waals surface area (Å²) in [5.74, 6) is -0.184. The van der Waals surface area contributed by atoms with Crippen LogP contribution in [0.15, 0.2) is 49.6 Å². The first kappa shape index (κ1) is 23.0. The fourth-order valence-corrected chi connectivity index (χ4v) is 2.78. The monoisotopic (exact) mass is 374 g/mol. The molecule has 0 aliphatic carbocycles. The third-order valence-electron chi connectivity index (χ3n) is 4.40. The second-order valence-corrected chi connectivity index (χ2v) is 6.68. The van der Waals surface area contributed by atoms with Gasteiger partial charge in [0.2, 0.25) is 0 Å². The summed E-state index contributed by atoms with van der Waals surface area (Å²) >= 11 is 0. The van der Waals surface area contributed by atoms with E-state index >= 15 is 0 Å². The average molecular weight is 375 g/mol. The standard InChI is InChI=1S/C23H34O4/c1-3-13-21(4-2)26-18-11-9-7-5-6-8-10-12-19-27-22-16-14-20(15-17-22)23(24)25/h3-4,14-17,21H,1-2,5-13,18-19H2,(H,24,25). The molecule has 0 fully saturated rings. The molecule has 1 rings (SSSR count). The fraction of sp³-hybridized carbons (Fsp3) is 0.522. The molecule has 0 aliphatic heterocycles. The minimum Gasteiger partial charge on any atom is -0.494 e. The van der Waals surface area contributed by atoms with Crippen molar-refractivity contribution < 1.29 is 19.4 Å². The van der Waals surface area contributed by atoms with E-state index in [0.717, 1.165) is 31.6 Å². The van der Waals surface area contributed by atoms with Crippen LogP contribution in [0, 0.1) is 0 Å². The van der Waals surface area contributed by atoms with E-state index in [2.05, 4.69) is 13.2 Å². The molecule has 4 nitrogen and oxygen atoms in total. The number of unbranched alkanes of at least 4 members (excludes halogenated alkanes) is 7. The van der Waals surface area contributed by atoms with E-state index in [1.807, 2.05) is 12.2 Å². The van der Waals surface area contributed by atoms with Crippen LogP contribution in [0.3, 0.4) is 0 Å². The van der Waals surface area contributed by atoms with Crippen molar-refractivity contribution in [2.45, 2.75) is 63.9 Å². The van der Waals surface area contributed by atoms with Gasteiger partial charge in [-0.15, -0.1) is 13.2 Å². The van der Waals surface area contributed by atoms with Gasteiger partial charge >= 0.3 is 5.97 Å². The molecular weight excluding hydrogens is 340 g/mol. The molecule has 0 heterocycles. The lowest BCUT2D eigenvalue weighted by molar-refractivity contribution is 0.0696. The van der Waals surface area contributed by atoms with Gasteiger partial charge in [0.15, 0.2) is 0 Å². The molecule has 150 valence electrons. The van der Waals surface area contributed by atoms with Crippen molar-refractivity contribution in [1.29, 1.82) is 0 Å². The zero-order valence-corrected chi connectivity index (χ0v) is 16.4. The first-order valence-corrected chi connectivity index (χ1v) is 9.98. The molecule has 1 aromatic rings. The highest BCUT2D eigenvalue weighted by molar-refractivity contribution is 5.87. The summed E-state index contributed by atoms with van der Waals surface area (Å²) < 4.78 is 11.4. The molecule has 0 radical (unpaired) electrons. The Kier molecular flexibility index (Phi) is 12.8. The van der Waals surface area contributed by atoms with Gasteiger partial charge in [-0.2, -0.15) is 0 Å². The quantitative estimate of drug-likeness (QED) is 0.267. The molecule has 4 heteroatoms. The number of carboxylic acids is 1. The van der Waals surface area contributed by atoms with Gasteiger partial charge in [0.25, 0.3) is 0 Å². The van der Waals surface area contributed by atoms with E-state index in [-0.39, 0.29) is 11.7 Å². The zero-order valence-electron chi connectivity index (χ0n) is 16.4. The Balaban J connectivity index is 1.89. The average Bonchev–Trinajstić information content (AvgIpc) is 2.68. The van der Waals surface area contributed by atoms with Crippen LogP contribution in [0.4, 0.5) is 0 Å². The molecule has 0 saturated heterocycles. The minimum atomic E-state index is -0.914. The van der Waals surface area contributed by atoms with Crippen LogP contribution < -0.4 is 4.74 Å². The number of benzene rings is 1. The van der Waals surface area contributed by atoms with E-state index in [4.69, 9.17) is 14.6 Å². The molecule has 1 N–H and O–H groups in total. The maximum absolute atomic E-state index is 10.8. The van der Waals surface area contributed by atoms with Gasteiger partial charge in [0, 0.05) is 6.61 Å². The van der Waals surface area contributed by atoms with Gasteiger partial charge in [-0.3, -0.25) is 0 Å². The lowest BCUT2D eigenvalue weighted by Gasteiger charge is -2.11. The molecule has 0 aliphatic rings. The number of carboxylic acid groups (broad SMARTS) is 1. The highest BCUT2D eigenvalue weighted by atomic mass is 16.5. The molecule has 27 heavy (non-hydrogen) atoms. The van der Waals surface area contributed by atoms with E-state index in [0.29, 0.717) is 6.61 Å². The number of ether oxygens (including phenoxy) is 2. The van der Waals surface area contributed by atoms with E-state index in [9.17, 15) is 4.79 Å². The van der Waals surface area contributed by atoms with Gasteiger partial charge in [-0.25, -0.2) is 4.79 Å². The number of hydrogen-bond acceptors (Lipinski definition) is 3. The van der Waals surface area contributed by atoms with Crippen molar-refractivity contribution in [3.8, 4) is 5.75 Å². The Bertz CT molecular complexity index is 536. The Morgan fingerprint density at radius 2 is 1.48 bits per heavy atom. The maximum atomic E-state index is 10.8. The normalized spacial score (nSPS) is 11.7.